The van der Waals surface area contributed by atoms with Gasteiger partial charge in [0.2, 0.25) is 0 Å². The van der Waals surface area contributed by atoms with Crippen molar-refractivity contribution in [3.63, 3.8) is 0 Å². The first-order valence-corrected chi connectivity index (χ1v) is 12.8. The van der Waals surface area contributed by atoms with Gasteiger partial charge >= 0.3 is 6.09 Å². The molecule has 3 aromatic rings. The lowest BCUT2D eigenvalue weighted by molar-refractivity contribution is 0.0680. The second-order valence-electron chi connectivity index (χ2n) is 10.2. The molecule has 5 rings (SSSR count). The van der Waals surface area contributed by atoms with Crippen molar-refractivity contribution in [2.24, 2.45) is 0 Å². The molecule has 4 N–H and O–H groups in total. The molecule has 4 heterocycles. The number of carbonyl (C=O) groups is 2. The molecular weight excluding hydrogens is 506 g/mol. The normalized spacial score (nSPS) is 17.1. The predicted molar refractivity (Wildman–Crippen MR) is 139 cm³/mol. The van der Waals surface area contributed by atoms with Gasteiger partial charge in [-0.3, -0.25) is 14.8 Å². The number of aromatic nitrogens is 6. The van der Waals surface area contributed by atoms with Crippen LogP contribution in [0.25, 0.3) is 0 Å². The van der Waals surface area contributed by atoms with E-state index < -0.39 is 17.6 Å². The van der Waals surface area contributed by atoms with E-state index in [1.54, 1.807) is 32.4 Å². The molecule has 2 amide bonds. The summed E-state index contributed by atoms with van der Waals surface area (Å²) in [5, 5.41) is 22.7. The zero-order valence-electron chi connectivity index (χ0n) is 21.8. The van der Waals surface area contributed by atoms with Crippen molar-refractivity contribution >= 4 is 29.2 Å². The number of aliphatic hydroxyl groups is 1. The summed E-state index contributed by atoms with van der Waals surface area (Å²) in [7, 11) is 0. The van der Waals surface area contributed by atoms with E-state index in [2.05, 4.69) is 41.0 Å². The maximum absolute atomic E-state index is 13.1. The molecule has 1 saturated carbocycles. The highest BCUT2D eigenvalue weighted by molar-refractivity contribution is 6.01. The van der Waals surface area contributed by atoms with Gasteiger partial charge in [-0.1, -0.05) is 0 Å². The van der Waals surface area contributed by atoms with E-state index in [0.29, 0.717) is 18.8 Å². The van der Waals surface area contributed by atoms with Gasteiger partial charge in [0.05, 0.1) is 60.1 Å². The molecule has 39 heavy (non-hydrogen) atoms. The topological polar surface area (TPSA) is 178 Å². The van der Waals surface area contributed by atoms with Crippen molar-refractivity contribution in [3.05, 3.63) is 42.5 Å². The molecule has 0 spiro atoms. The van der Waals surface area contributed by atoms with Gasteiger partial charge in [0.15, 0.2) is 5.82 Å². The number of nitrogens with zero attached hydrogens (tertiary/aromatic N) is 6. The molecule has 0 aromatic carbocycles. The first-order valence-electron chi connectivity index (χ1n) is 12.8. The Kier molecular flexibility index (Phi) is 7.65. The Balaban J connectivity index is 1.36. The van der Waals surface area contributed by atoms with Gasteiger partial charge < -0.3 is 25.2 Å². The third-order valence-electron chi connectivity index (χ3n) is 6.14. The second-order valence-corrected chi connectivity index (χ2v) is 10.2. The summed E-state index contributed by atoms with van der Waals surface area (Å²) >= 11 is 0. The van der Waals surface area contributed by atoms with Crippen molar-refractivity contribution in [3.8, 4) is 5.88 Å². The van der Waals surface area contributed by atoms with E-state index in [-0.39, 0.29) is 41.6 Å². The van der Waals surface area contributed by atoms with Crippen LogP contribution in [0.3, 0.4) is 0 Å². The molecular formula is C25H31N9O5. The Morgan fingerprint density at radius 1 is 1.18 bits per heavy atom. The number of amides is 2. The maximum Gasteiger partial charge on any atom is 0.418 e. The minimum absolute atomic E-state index is 0.00259. The summed E-state index contributed by atoms with van der Waals surface area (Å²) < 4.78 is 12.8. The van der Waals surface area contributed by atoms with Crippen LogP contribution in [0.4, 0.5) is 22.0 Å². The van der Waals surface area contributed by atoms with Crippen molar-refractivity contribution in [2.75, 3.05) is 23.8 Å². The van der Waals surface area contributed by atoms with Crippen molar-refractivity contribution in [2.45, 2.75) is 63.7 Å². The van der Waals surface area contributed by atoms with Crippen LogP contribution < -0.4 is 20.7 Å². The molecule has 2 aliphatic rings. The summed E-state index contributed by atoms with van der Waals surface area (Å²) in [6, 6.07) is 0. The Hall–Kier alpha value is -4.17. The summed E-state index contributed by atoms with van der Waals surface area (Å²) in [5.41, 5.74) is 0.397. The number of carbonyl (C=O) groups excluding carboxylic acids is 2. The Morgan fingerprint density at radius 2 is 1.97 bits per heavy atom. The highest BCUT2D eigenvalue weighted by atomic mass is 16.6. The van der Waals surface area contributed by atoms with E-state index in [9.17, 15) is 14.7 Å². The molecule has 0 radical (unpaired) electrons. The average Bonchev–Trinajstić information content (AvgIpc) is 3.49. The van der Waals surface area contributed by atoms with Crippen molar-refractivity contribution in [1.82, 2.24) is 35.0 Å². The first kappa shape index (κ1) is 26.4. The van der Waals surface area contributed by atoms with E-state index >= 15 is 0 Å². The highest BCUT2D eigenvalue weighted by Crippen LogP contribution is 2.40. The van der Waals surface area contributed by atoms with E-state index in [4.69, 9.17) is 9.47 Å². The van der Waals surface area contributed by atoms with E-state index in [0.717, 1.165) is 31.4 Å². The molecule has 1 atom stereocenters. The molecule has 14 heteroatoms. The van der Waals surface area contributed by atoms with Crippen molar-refractivity contribution in [1.29, 1.82) is 0 Å². The third-order valence-corrected chi connectivity index (χ3v) is 6.14. The maximum atomic E-state index is 13.1. The lowest BCUT2D eigenvalue weighted by atomic mass is 10.1. The van der Waals surface area contributed by atoms with Crippen molar-refractivity contribution < 1.29 is 24.2 Å². The molecule has 1 aliphatic carbocycles. The molecule has 0 bridgehead atoms. The van der Waals surface area contributed by atoms with Gasteiger partial charge in [-0.2, -0.15) is 5.10 Å². The van der Waals surface area contributed by atoms with Crippen LogP contribution in [0.2, 0.25) is 0 Å². The zero-order valence-corrected chi connectivity index (χ0v) is 21.8. The Morgan fingerprint density at radius 3 is 2.67 bits per heavy atom. The highest BCUT2D eigenvalue weighted by Gasteiger charge is 2.29. The summed E-state index contributed by atoms with van der Waals surface area (Å²) in [6.45, 7) is 4.15. The number of rotatable bonds is 10. The SMILES string of the molecule is CC(C)(O)CNC(=O)c1c(NC(=O)Oc2nc(C3CC3)cnc2Nc2cncnc2)cnn1CC1CCCO1. The lowest BCUT2D eigenvalue weighted by Crippen LogP contribution is -2.39. The number of nitrogens with one attached hydrogen (secondary N) is 3. The molecule has 14 nitrogen and oxygen atoms in total. The smallest absolute Gasteiger partial charge is 0.389 e. The number of anilines is 3. The fourth-order valence-corrected chi connectivity index (χ4v) is 4.06. The molecule has 1 saturated heterocycles. The van der Waals surface area contributed by atoms with Gasteiger partial charge in [-0.25, -0.2) is 24.7 Å². The lowest BCUT2D eigenvalue weighted by Gasteiger charge is -2.19. The minimum atomic E-state index is -1.12. The quantitative estimate of drug-likeness (QED) is 0.298. The summed E-state index contributed by atoms with van der Waals surface area (Å²) in [6.07, 6.45) is 10.3. The van der Waals surface area contributed by atoms with Crippen LogP contribution in [0.5, 0.6) is 5.88 Å². The van der Waals surface area contributed by atoms with Gasteiger partial charge in [-0.15, -0.1) is 0 Å². The number of ether oxygens (including phenoxy) is 2. The molecule has 1 aliphatic heterocycles. The third kappa shape index (κ3) is 7.03. The van der Waals surface area contributed by atoms with Gasteiger partial charge in [0.1, 0.15) is 12.0 Å². The fourth-order valence-electron chi connectivity index (χ4n) is 4.06. The zero-order chi connectivity index (χ0) is 27.4. The summed E-state index contributed by atoms with van der Waals surface area (Å²) in [5.74, 6) is -0.0499. The van der Waals surface area contributed by atoms with Gasteiger partial charge in [0.25, 0.3) is 11.8 Å². The fraction of sp³-hybridized carbons (Fsp3) is 0.480. The van der Waals surface area contributed by atoms with Gasteiger partial charge in [0, 0.05) is 19.1 Å². The minimum Gasteiger partial charge on any atom is -0.389 e. The largest absolute Gasteiger partial charge is 0.418 e. The number of hydrogen-bond donors (Lipinski definition) is 4. The molecule has 2 fully saturated rings. The molecule has 1 unspecified atom stereocenters. The predicted octanol–water partition coefficient (Wildman–Crippen LogP) is 2.37. The standard InChI is InChI=1S/C25H31N9O5/c1-25(2,37)13-29-22(35)20-19(11-30-34(20)12-17-4-3-7-38-17)33-24(36)39-23-21(31-16-8-26-14-27-9-16)28-10-18(32-23)15-5-6-15/h8-11,14-15,17,37H,3-7,12-13H2,1-2H3,(H,28,31)(H,29,35)(H,33,36). The van der Waals surface area contributed by atoms with Crippen LogP contribution in [-0.2, 0) is 11.3 Å². The van der Waals surface area contributed by atoms with Crippen LogP contribution >= 0.6 is 0 Å². The molecule has 3 aromatic heterocycles. The Labute approximate surface area is 224 Å². The first-order chi connectivity index (χ1) is 18.7. The summed E-state index contributed by atoms with van der Waals surface area (Å²) in [4.78, 5) is 43.0. The van der Waals surface area contributed by atoms with E-state index in [1.165, 1.54) is 17.2 Å². The van der Waals surface area contributed by atoms with E-state index in [1.807, 2.05) is 0 Å². The van der Waals surface area contributed by atoms with Crippen LogP contribution in [0.15, 0.2) is 31.1 Å². The van der Waals surface area contributed by atoms with Crippen LogP contribution in [-0.4, -0.2) is 71.7 Å². The van der Waals surface area contributed by atoms with Crippen LogP contribution in [0.1, 0.15) is 61.6 Å². The van der Waals surface area contributed by atoms with Gasteiger partial charge in [-0.05, 0) is 39.5 Å². The molecule has 206 valence electrons. The monoisotopic (exact) mass is 537 g/mol. The number of hydrogen-bond acceptors (Lipinski definition) is 11. The average molecular weight is 538 g/mol. The van der Waals surface area contributed by atoms with Crippen LogP contribution in [0, 0.1) is 0 Å². The second kappa shape index (κ2) is 11.3. The Bertz CT molecular complexity index is 1320.